The molecule has 2 aromatic carbocycles. The van der Waals surface area contributed by atoms with Crippen LogP contribution in [0.15, 0.2) is 78.8 Å². The minimum Gasteiger partial charge on any atom is -0.370 e. The Balaban J connectivity index is 1.35. The van der Waals surface area contributed by atoms with Crippen molar-refractivity contribution in [3.05, 3.63) is 95.5 Å². The second-order valence-corrected chi connectivity index (χ2v) is 10.6. The van der Waals surface area contributed by atoms with Crippen molar-refractivity contribution in [2.24, 2.45) is 0 Å². The van der Waals surface area contributed by atoms with E-state index in [1.807, 2.05) is 71.2 Å². The lowest BCUT2D eigenvalue weighted by molar-refractivity contribution is 0.0651. The number of aromatic nitrogens is 2. The van der Waals surface area contributed by atoms with E-state index in [2.05, 4.69) is 16.1 Å². The number of halogens is 1. The maximum absolute atomic E-state index is 13.9. The average molecular weight is 528 g/mol. The number of hydrogen-bond donors (Lipinski definition) is 3. The monoisotopic (exact) mass is 527 g/mol. The minimum absolute atomic E-state index is 0.135. The molecule has 3 aromatic rings. The zero-order valence-electron chi connectivity index (χ0n) is 22.3. The van der Waals surface area contributed by atoms with Gasteiger partial charge in [-0.15, -0.1) is 0 Å². The molecule has 1 aromatic heterocycles. The zero-order chi connectivity index (χ0) is 26.9. The summed E-state index contributed by atoms with van der Waals surface area (Å²) >= 11 is 0. The fraction of sp³-hybridized carbons (Fsp3) is 0.333. The van der Waals surface area contributed by atoms with Crippen molar-refractivity contribution in [1.29, 1.82) is 0 Å². The number of fused-ring (bicyclic) bond motifs is 2. The summed E-state index contributed by atoms with van der Waals surface area (Å²) in [5.41, 5.74) is 6.85. The molecular weight excluding hydrogens is 493 g/mol. The Morgan fingerprint density at radius 3 is 2.54 bits per heavy atom. The second kappa shape index (κ2) is 10.6. The Kier molecular flexibility index (Phi) is 6.83. The molecule has 3 N–H and O–H groups in total. The van der Waals surface area contributed by atoms with E-state index in [1.54, 1.807) is 24.3 Å². The number of hydrazine groups is 1. The van der Waals surface area contributed by atoms with Crippen molar-refractivity contribution in [1.82, 2.24) is 25.1 Å². The van der Waals surface area contributed by atoms with Crippen LogP contribution >= 0.6 is 0 Å². The minimum atomic E-state index is -0.230. The van der Waals surface area contributed by atoms with Gasteiger partial charge in [0.25, 0.3) is 5.91 Å². The number of para-hydroxylation sites is 1. The van der Waals surface area contributed by atoms with Gasteiger partial charge in [0.05, 0.1) is 12.6 Å². The van der Waals surface area contributed by atoms with E-state index in [9.17, 15) is 9.18 Å². The summed E-state index contributed by atoms with van der Waals surface area (Å²) in [6, 6.07) is 18.1. The van der Waals surface area contributed by atoms with Crippen molar-refractivity contribution in [2.45, 2.75) is 50.4 Å². The number of anilines is 3. The van der Waals surface area contributed by atoms with E-state index < -0.39 is 0 Å². The Labute approximate surface area is 228 Å². The summed E-state index contributed by atoms with van der Waals surface area (Å²) in [5, 5.41) is 13.6. The summed E-state index contributed by atoms with van der Waals surface area (Å²) in [4.78, 5) is 15.7. The zero-order valence-corrected chi connectivity index (χ0v) is 22.3. The molecular formula is C30H34FN7O. The molecule has 3 aliphatic rings. The number of allylic oxidation sites excluding steroid dienone is 2. The fourth-order valence-electron chi connectivity index (χ4n) is 5.71. The Bertz CT molecular complexity index is 1400. The predicted octanol–water partition coefficient (Wildman–Crippen LogP) is 5.34. The lowest BCUT2D eigenvalue weighted by Gasteiger charge is -2.38. The van der Waals surface area contributed by atoms with Gasteiger partial charge >= 0.3 is 0 Å². The third-order valence-corrected chi connectivity index (χ3v) is 7.83. The first kappa shape index (κ1) is 25.2. The highest BCUT2D eigenvalue weighted by molar-refractivity contribution is 6.04. The van der Waals surface area contributed by atoms with Crippen LogP contribution < -0.4 is 16.1 Å². The molecule has 39 heavy (non-hydrogen) atoms. The lowest BCUT2D eigenvalue weighted by Crippen LogP contribution is -2.55. The van der Waals surface area contributed by atoms with Crippen LogP contribution in [0.25, 0.3) is 0 Å². The molecule has 2 aliphatic heterocycles. The first-order chi connectivity index (χ1) is 19.0. The Hall–Kier alpha value is -4.11. The van der Waals surface area contributed by atoms with Gasteiger partial charge in [0.15, 0.2) is 5.82 Å². The molecule has 1 saturated carbocycles. The van der Waals surface area contributed by atoms with Gasteiger partial charge in [0.2, 0.25) is 0 Å². The number of carbonyl (C=O) groups is 1. The molecule has 3 heterocycles. The number of nitrogens with zero attached hydrogens (tertiary/aromatic N) is 4. The van der Waals surface area contributed by atoms with E-state index in [4.69, 9.17) is 5.10 Å². The van der Waals surface area contributed by atoms with Crippen LogP contribution in [0.5, 0.6) is 0 Å². The third-order valence-electron chi connectivity index (χ3n) is 7.83. The van der Waals surface area contributed by atoms with Crippen molar-refractivity contribution in [3.8, 4) is 0 Å². The van der Waals surface area contributed by atoms with Crippen molar-refractivity contribution >= 4 is 23.2 Å². The standard InChI is InChI=1S/C30H34FN7O/c1-36-17-16-22(31)18-26(36)21-14-12-20(13-15-21)19-38-29-27(28(35-38)32-23-8-4-3-5-9-23)30(39)37(2)34-25-11-7-6-10-24(25)33-29/h3-5,8-9,12-18,24-26,33-34H,6-7,10-11,19H2,1-2H3,(H,32,35). The fourth-order valence-corrected chi connectivity index (χ4v) is 5.71. The molecule has 202 valence electrons. The maximum Gasteiger partial charge on any atom is 0.275 e. The highest BCUT2D eigenvalue weighted by Gasteiger charge is 2.35. The summed E-state index contributed by atoms with van der Waals surface area (Å²) in [6.07, 6.45) is 9.16. The number of benzene rings is 2. The number of likely N-dealkylation sites (N-methyl/N-ethyl adjacent to an activating group) is 1. The number of amides is 1. The van der Waals surface area contributed by atoms with Gasteiger partial charge in [-0.1, -0.05) is 55.3 Å². The summed E-state index contributed by atoms with van der Waals surface area (Å²) in [7, 11) is 3.73. The van der Waals surface area contributed by atoms with E-state index >= 15 is 0 Å². The normalized spacial score (nSPS) is 22.8. The van der Waals surface area contributed by atoms with Gasteiger partial charge in [-0.05, 0) is 48.3 Å². The lowest BCUT2D eigenvalue weighted by atomic mass is 9.90. The van der Waals surface area contributed by atoms with Crippen LogP contribution in [-0.4, -0.2) is 51.8 Å². The molecule has 0 spiro atoms. The van der Waals surface area contributed by atoms with Crippen LogP contribution in [0.4, 0.5) is 21.7 Å². The van der Waals surface area contributed by atoms with Crippen molar-refractivity contribution in [2.75, 3.05) is 24.7 Å². The average Bonchev–Trinajstić information content (AvgIpc) is 3.26. The van der Waals surface area contributed by atoms with E-state index in [0.717, 1.165) is 48.3 Å². The van der Waals surface area contributed by atoms with Crippen LogP contribution in [0, 0.1) is 0 Å². The quantitative estimate of drug-likeness (QED) is 0.416. The molecule has 0 saturated heterocycles. The molecule has 1 aliphatic carbocycles. The number of rotatable bonds is 5. The molecule has 6 rings (SSSR count). The number of carbonyl (C=O) groups excluding carboxylic acids is 1. The van der Waals surface area contributed by atoms with Crippen molar-refractivity contribution in [3.63, 3.8) is 0 Å². The predicted molar refractivity (Wildman–Crippen MR) is 151 cm³/mol. The van der Waals surface area contributed by atoms with Gasteiger partial charge in [0, 0.05) is 38.1 Å². The third kappa shape index (κ3) is 5.14. The highest BCUT2D eigenvalue weighted by Crippen LogP contribution is 2.34. The van der Waals surface area contributed by atoms with E-state index in [0.29, 0.717) is 17.9 Å². The van der Waals surface area contributed by atoms with Crippen LogP contribution in [-0.2, 0) is 6.54 Å². The summed E-state index contributed by atoms with van der Waals surface area (Å²) in [6.45, 7) is 0.485. The molecule has 9 heteroatoms. The first-order valence-corrected chi connectivity index (χ1v) is 13.6. The maximum atomic E-state index is 13.9. The molecule has 3 unspecified atom stereocenters. The van der Waals surface area contributed by atoms with Crippen molar-refractivity contribution < 1.29 is 9.18 Å². The molecule has 3 atom stereocenters. The largest absolute Gasteiger partial charge is 0.370 e. The molecule has 1 fully saturated rings. The SMILES string of the molecule is CN1NC2CCCCC2Nc2c(c(Nc3ccccc3)nn2Cc2ccc(C3C=C(F)C=CN3C)cc2)C1=O. The van der Waals surface area contributed by atoms with E-state index in [-0.39, 0.29) is 29.9 Å². The van der Waals surface area contributed by atoms with Gasteiger partial charge in [0.1, 0.15) is 17.2 Å². The van der Waals surface area contributed by atoms with Crippen LogP contribution in [0.1, 0.15) is 53.2 Å². The van der Waals surface area contributed by atoms with Crippen LogP contribution in [0.2, 0.25) is 0 Å². The summed E-state index contributed by atoms with van der Waals surface area (Å²) in [5.74, 6) is 0.884. The smallest absolute Gasteiger partial charge is 0.275 e. The van der Waals surface area contributed by atoms with Gasteiger partial charge in [-0.2, -0.15) is 5.10 Å². The number of nitrogens with one attached hydrogen (secondary N) is 3. The molecule has 8 nitrogen and oxygen atoms in total. The molecule has 0 bridgehead atoms. The van der Waals surface area contributed by atoms with Crippen LogP contribution in [0.3, 0.4) is 0 Å². The van der Waals surface area contributed by atoms with E-state index in [1.165, 1.54) is 6.08 Å². The van der Waals surface area contributed by atoms with Gasteiger partial charge in [-0.3, -0.25) is 9.80 Å². The topological polar surface area (TPSA) is 77.5 Å². The highest BCUT2D eigenvalue weighted by atomic mass is 19.1. The van der Waals surface area contributed by atoms with Gasteiger partial charge in [-0.25, -0.2) is 14.5 Å². The summed E-state index contributed by atoms with van der Waals surface area (Å²) < 4.78 is 15.8. The molecule has 0 radical (unpaired) electrons. The Morgan fingerprint density at radius 1 is 1.03 bits per heavy atom. The first-order valence-electron chi connectivity index (χ1n) is 13.6. The number of hydrogen-bond acceptors (Lipinski definition) is 6. The van der Waals surface area contributed by atoms with Gasteiger partial charge < -0.3 is 15.5 Å². The Morgan fingerprint density at radius 2 is 1.77 bits per heavy atom. The molecule has 1 amide bonds. The second-order valence-electron chi connectivity index (χ2n) is 10.6.